The molecule has 2 fully saturated rings. The van der Waals surface area contributed by atoms with E-state index in [0.717, 1.165) is 23.7 Å². The Morgan fingerprint density at radius 3 is 2.73 bits per heavy atom. The van der Waals surface area contributed by atoms with Crippen LogP contribution in [0.1, 0.15) is 43.2 Å². The van der Waals surface area contributed by atoms with Crippen molar-refractivity contribution in [2.45, 2.75) is 46.0 Å². The number of esters is 1. The SMILES string of the molecule is Cc1ccc(OCCNC(=O)COC(=O)C[C@@H]2C[C@@H]3CC[C@@H]2C3)c(C)c1. The van der Waals surface area contributed by atoms with Crippen molar-refractivity contribution in [1.29, 1.82) is 0 Å². The number of benzene rings is 1. The highest BCUT2D eigenvalue weighted by Crippen LogP contribution is 2.49. The van der Waals surface area contributed by atoms with Gasteiger partial charge < -0.3 is 14.8 Å². The molecule has 1 aromatic carbocycles. The van der Waals surface area contributed by atoms with Gasteiger partial charge in [-0.3, -0.25) is 9.59 Å². The van der Waals surface area contributed by atoms with Crippen molar-refractivity contribution in [1.82, 2.24) is 5.32 Å². The average molecular weight is 359 g/mol. The Bertz CT molecular complexity index is 657. The Kier molecular flexibility index (Phi) is 6.17. The lowest BCUT2D eigenvalue weighted by Gasteiger charge is -2.20. The summed E-state index contributed by atoms with van der Waals surface area (Å²) in [5.41, 5.74) is 2.27. The third-order valence-corrected chi connectivity index (χ3v) is 5.69. The van der Waals surface area contributed by atoms with Crippen LogP contribution in [0.3, 0.4) is 0 Å². The number of carbonyl (C=O) groups is 2. The van der Waals surface area contributed by atoms with Crippen LogP contribution in [0.15, 0.2) is 18.2 Å². The molecule has 3 rings (SSSR count). The van der Waals surface area contributed by atoms with Crippen molar-refractivity contribution in [2.24, 2.45) is 17.8 Å². The fourth-order valence-corrected chi connectivity index (χ4v) is 4.41. The van der Waals surface area contributed by atoms with Crippen LogP contribution in [0.5, 0.6) is 5.75 Å². The van der Waals surface area contributed by atoms with Crippen LogP contribution in [-0.4, -0.2) is 31.6 Å². The second kappa shape index (κ2) is 8.56. The quantitative estimate of drug-likeness (QED) is 0.572. The number of aryl methyl sites for hydroxylation is 2. The zero-order chi connectivity index (χ0) is 18.5. The smallest absolute Gasteiger partial charge is 0.306 e. The van der Waals surface area contributed by atoms with E-state index < -0.39 is 0 Å². The van der Waals surface area contributed by atoms with Gasteiger partial charge in [-0.2, -0.15) is 0 Å². The average Bonchev–Trinajstić information content (AvgIpc) is 3.21. The molecule has 0 aliphatic heterocycles. The van der Waals surface area contributed by atoms with Crippen molar-refractivity contribution in [3.8, 4) is 5.75 Å². The maximum Gasteiger partial charge on any atom is 0.306 e. The third kappa shape index (κ3) is 4.99. The van der Waals surface area contributed by atoms with E-state index in [4.69, 9.17) is 9.47 Å². The zero-order valence-corrected chi connectivity index (χ0v) is 15.8. The number of hydrogen-bond acceptors (Lipinski definition) is 4. The van der Waals surface area contributed by atoms with Crippen molar-refractivity contribution in [3.05, 3.63) is 29.3 Å². The number of ether oxygens (including phenoxy) is 2. The molecule has 0 saturated heterocycles. The molecule has 26 heavy (non-hydrogen) atoms. The highest BCUT2D eigenvalue weighted by Gasteiger charge is 2.40. The van der Waals surface area contributed by atoms with Gasteiger partial charge >= 0.3 is 5.97 Å². The number of rotatable bonds is 8. The van der Waals surface area contributed by atoms with Gasteiger partial charge in [-0.05, 0) is 62.5 Å². The molecule has 2 aliphatic carbocycles. The molecule has 5 heteroatoms. The topological polar surface area (TPSA) is 64.6 Å². The fraction of sp³-hybridized carbons (Fsp3) is 0.619. The summed E-state index contributed by atoms with van der Waals surface area (Å²) in [6.07, 6.45) is 5.47. The maximum absolute atomic E-state index is 11.9. The number of nitrogens with one attached hydrogen (secondary N) is 1. The standard InChI is InChI=1S/C21H29NO4/c1-14-3-6-19(15(2)9-14)25-8-7-22-20(23)13-26-21(24)12-18-11-16-4-5-17(18)10-16/h3,6,9,16-18H,4-5,7-8,10-13H2,1-2H3,(H,22,23)/t16-,17-,18+/m1/s1. The zero-order valence-electron chi connectivity index (χ0n) is 15.8. The normalized spacial score (nSPS) is 23.7. The summed E-state index contributed by atoms with van der Waals surface area (Å²) in [6.45, 7) is 4.60. The van der Waals surface area contributed by atoms with E-state index in [9.17, 15) is 9.59 Å². The maximum atomic E-state index is 11.9. The molecule has 2 bridgehead atoms. The predicted octanol–water partition coefficient (Wildman–Crippen LogP) is 3.17. The Balaban J connectivity index is 1.27. The highest BCUT2D eigenvalue weighted by atomic mass is 16.5. The minimum absolute atomic E-state index is 0.205. The molecule has 0 spiro atoms. The molecule has 1 aromatic rings. The Morgan fingerprint density at radius 1 is 1.19 bits per heavy atom. The lowest BCUT2D eigenvalue weighted by molar-refractivity contribution is -0.149. The largest absolute Gasteiger partial charge is 0.491 e. The summed E-state index contributed by atoms with van der Waals surface area (Å²) in [7, 11) is 0. The lowest BCUT2D eigenvalue weighted by atomic mass is 9.86. The molecule has 2 saturated carbocycles. The summed E-state index contributed by atoms with van der Waals surface area (Å²) in [5.74, 6) is 2.28. The molecule has 142 valence electrons. The van der Waals surface area contributed by atoms with E-state index in [1.165, 1.54) is 24.8 Å². The van der Waals surface area contributed by atoms with Gasteiger partial charge in [-0.25, -0.2) is 0 Å². The van der Waals surface area contributed by atoms with Crippen LogP contribution >= 0.6 is 0 Å². The fourth-order valence-electron chi connectivity index (χ4n) is 4.41. The third-order valence-electron chi connectivity index (χ3n) is 5.69. The first-order chi connectivity index (χ1) is 12.5. The first-order valence-electron chi connectivity index (χ1n) is 9.63. The summed E-state index contributed by atoms with van der Waals surface area (Å²) in [6, 6.07) is 5.99. The summed E-state index contributed by atoms with van der Waals surface area (Å²) < 4.78 is 10.8. The van der Waals surface area contributed by atoms with Crippen molar-refractivity contribution in [3.63, 3.8) is 0 Å². The lowest BCUT2D eigenvalue weighted by Crippen LogP contribution is -2.32. The minimum atomic E-state index is -0.282. The second-order valence-electron chi connectivity index (χ2n) is 7.77. The predicted molar refractivity (Wildman–Crippen MR) is 98.9 cm³/mol. The van der Waals surface area contributed by atoms with E-state index in [1.807, 2.05) is 26.0 Å². The molecular weight excluding hydrogens is 330 g/mol. The molecular formula is C21H29NO4. The van der Waals surface area contributed by atoms with Gasteiger partial charge in [0.1, 0.15) is 12.4 Å². The molecule has 0 radical (unpaired) electrons. The summed E-state index contributed by atoms with van der Waals surface area (Å²) >= 11 is 0. The van der Waals surface area contributed by atoms with E-state index in [2.05, 4.69) is 11.4 Å². The van der Waals surface area contributed by atoms with Crippen molar-refractivity contribution in [2.75, 3.05) is 19.8 Å². The monoisotopic (exact) mass is 359 g/mol. The first-order valence-corrected chi connectivity index (χ1v) is 9.63. The molecule has 2 aliphatic rings. The number of carbonyl (C=O) groups excluding carboxylic acids is 2. The van der Waals surface area contributed by atoms with Gasteiger partial charge in [0.05, 0.1) is 6.54 Å². The minimum Gasteiger partial charge on any atom is -0.491 e. The second-order valence-corrected chi connectivity index (χ2v) is 7.77. The molecule has 0 unspecified atom stereocenters. The van der Waals surface area contributed by atoms with E-state index in [-0.39, 0.29) is 18.5 Å². The molecule has 5 nitrogen and oxygen atoms in total. The molecule has 3 atom stereocenters. The number of amides is 1. The summed E-state index contributed by atoms with van der Waals surface area (Å²) in [4.78, 5) is 23.7. The van der Waals surface area contributed by atoms with E-state index in [1.54, 1.807) is 0 Å². The van der Waals surface area contributed by atoms with E-state index >= 15 is 0 Å². The first kappa shape index (κ1) is 18.7. The van der Waals surface area contributed by atoms with Gasteiger partial charge in [-0.15, -0.1) is 0 Å². The molecule has 0 heterocycles. The van der Waals surface area contributed by atoms with Crippen molar-refractivity contribution >= 4 is 11.9 Å². The van der Waals surface area contributed by atoms with Crippen LogP contribution < -0.4 is 10.1 Å². The van der Waals surface area contributed by atoms with Gasteiger partial charge in [0.15, 0.2) is 6.61 Å². The Morgan fingerprint density at radius 2 is 2.04 bits per heavy atom. The number of fused-ring (bicyclic) bond motifs is 2. The van der Waals surface area contributed by atoms with Gasteiger partial charge in [-0.1, -0.05) is 24.1 Å². The Labute approximate surface area is 155 Å². The highest BCUT2D eigenvalue weighted by molar-refractivity contribution is 5.80. The Hall–Kier alpha value is -2.04. The van der Waals surface area contributed by atoms with Crippen LogP contribution in [-0.2, 0) is 14.3 Å². The van der Waals surface area contributed by atoms with Crippen LogP contribution in [0.4, 0.5) is 0 Å². The van der Waals surface area contributed by atoms with E-state index in [0.29, 0.717) is 31.4 Å². The summed E-state index contributed by atoms with van der Waals surface area (Å²) in [5, 5.41) is 2.72. The molecule has 0 aromatic heterocycles. The molecule has 1 N–H and O–H groups in total. The van der Waals surface area contributed by atoms with Gasteiger partial charge in [0.2, 0.25) is 0 Å². The van der Waals surface area contributed by atoms with Gasteiger partial charge in [0, 0.05) is 6.42 Å². The van der Waals surface area contributed by atoms with Crippen molar-refractivity contribution < 1.29 is 19.1 Å². The van der Waals surface area contributed by atoms with Crippen LogP contribution in [0.25, 0.3) is 0 Å². The van der Waals surface area contributed by atoms with Crippen LogP contribution in [0, 0.1) is 31.6 Å². The van der Waals surface area contributed by atoms with Crippen LogP contribution in [0.2, 0.25) is 0 Å². The number of hydrogen-bond donors (Lipinski definition) is 1. The van der Waals surface area contributed by atoms with Gasteiger partial charge in [0.25, 0.3) is 5.91 Å². The molecule has 1 amide bonds.